The molecule has 1 aliphatic carbocycles. The number of carboxylic acid groups (broad SMARTS) is 1. The maximum Gasteiger partial charge on any atom is 0.407 e. The number of hydrogen-bond donors (Lipinski definition) is 2. The molecule has 2 aromatic carbocycles. The molecule has 7 nitrogen and oxygen atoms in total. The van der Waals surface area contributed by atoms with Crippen LogP contribution in [-0.2, 0) is 14.3 Å². The monoisotopic (exact) mass is 478 g/mol. The Hall–Kier alpha value is -3.35. The molecule has 2 aromatic rings. The van der Waals surface area contributed by atoms with Gasteiger partial charge >= 0.3 is 12.1 Å². The minimum Gasteiger partial charge on any atom is -0.481 e. The molecular formula is C28H34N2O5. The summed E-state index contributed by atoms with van der Waals surface area (Å²) in [6.45, 7) is 9.72. The number of carboxylic acids is 1. The average molecular weight is 479 g/mol. The number of benzene rings is 2. The van der Waals surface area contributed by atoms with Crippen LogP contribution in [0.1, 0.15) is 51.7 Å². The molecule has 4 rings (SSSR count). The van der Waals surface area contributed by atoms with Gasteiger partial charge < -0.3 is 20.1 Å². The Morgan fingerprint density at radius 1 is 1.09 bits per heavy atom. The van der Waals surface area contributed by atoms with Gasteiger partial charge in [0.1, 0.15) is 12.6 Å². The van der Waals surface area contributed by atoms with E-state index in [4.69, 9.17) is 4.74 Å². The summed E-state index contributed by atoms with van der Waals surface area (Å²) in [5.74, 6) is -1.48. The van der Waals surface area contributed by atoms with Gasteiger partial charge in [-0.2, -0.15) is 0 Å². The molecule has 1 heterocycles. The number of likely N-dealkylation sites (tertiary alicyclic amines) is 1. The van der Waals surface area contributed by atoms with Gasteiger partial charge in [0.2, 0.25) is 5.91 Å². The first-order chi connectivity index (χ1) is 16.4. The van der Waals surface area contributed by atoms with Gasteiger partial charge in [0, 0.05) is 19.0 Å². The third kappa shape index (κ3) is 4.51. The van der Waals surface area contributed by atoms with E-state index in [2.05, 4.69) is 29.6 Å². The fourth-order valence-corrected chi connectivity index (χ4v) is 5.18. The summed E-state index contributed by atoms with van der Waals surface area (Å²) in [5, 5.41) is 12.4. The smallest absolute Gasteiger partial charge is 0.407 e. The van der Waals surface area contributed by atoms with E-state index in [1.165, 1.54) is 0 Å². The molecule has 1 saturated heterocycles. The lowest BCUT2D eigenvalue weighted by atomic mass is 9.81. The number of nitrogens with one attached hydrogen (secondary N) is 1. The van der Waals surface area contributed by atoms with E-state index in [1.54, 1.807) is 11.8 Å². The Morgan fingerprint density at radius 2 is 1.63 bits per heavy atom. The third-order valence-corrected chi connectivity index (χ3v) is 7.62. The first-order valence-electron chi connectivity index (χ1n) is 12.1. The second-order valence-electron chi connectivity index (χ2n) is 11.1. The Labute approximate surface area is 206 Å². The van der Waals surface area contributed by atoms with E-state index < -0.39 is 28.9 Å². The highest BCUT2D eigenvalue weighted by Gasteiger charge is 2.50. The van der Waals surface area contributed by atoms with Gasteiger partial charge in [0.25, 0.3) is 0 Å². The maximum atomic E-state index is 13.4. The molecule has 0 aromatic heterocycles. The molecular weight excluding hydrogens is 444 g/mol. The van der Waals surface area contributed by atoms with Crippen LogP contribution in [0.3, 0.4) is 0 Å². The zero-order chi connectivity index (χ0) is 25.5. The number of nitrogens with zero attached hydrogens (tertiary/aromatic N) is 1. The Kier molecular flexibility index (Phi) is 6.38. The number of alkyl carbamates (subject to hydrolysis) is 1. The summed E-state index contributed by atoms with van der Waals surface area (Å²) in [7, 11) is 0. The molecule has 7 heteroatoms. The number of ether oxygens (including phenoxy) is 1. The van der Waals surface area contributed by atoms with Gasteiger partial charge in [-0.1, -0.05) is 76.2 Å². The summed E-state index contributed by atoms with van der Waals surface area (Å²) in [6, 6.07) is 15.4. The van der Waals surface area contributed by atoms with Gasteiger partial charge in [-0.15, -0.1) is 0 Å². The fourth-order valence-electron chi connectivity index (χ4n) is 5.18. The van der Waals surface area contributed by atoms with Crippen LogP contribution in [0.25, 0.3) is 11.1 Å². The minimum atomic E-state index is -1.01. The van der Waals surface area contributed by atoms with Crippen molar-refractivity contribution in [3.63, 3.8) is 0 Å². The van der Waals surface area contributed by atoms with Crippen LogP contribution in [0.2, 0.25) is 0 Å². The number of rotatable bonds is 5. The molecule has 0 saturated carbocycles. The van der Waals surface area contributed by atoms with Gasteiger partial charge in [0.15, 0.2) is 0 Å². The van der Waals surface area contributed by atoms with Gasteiger partial charge in [-0.25, -0.2) is 4.79 Å². The number of carbonyl (C=O) groups is 3. The topological polar surface area (TPSA) is 95.9 Å². The Bertz CT molecular complexity index is 1110. The van der Waals surface area contributed by atoms with Crippen molar-refractivity contribution in [3.8, 4) is 11.1 Å². The van der Waals surface area contributed by atoms with Crippen molar-refractivity contribution in [1.82, 2.24) is 10.2 Å². The van der Waals surface area contributed by atoms with E-state index in [1.807, 2.05) is 52.0 Å². The lowest BCUT2D eigenvalue weighted by molar-refractivity contribution is -0.149. The van der Waals surface area contributed by atoms with E-state index in [0.29, 0.717) is 6.54 Å². The summed E-state index contributed by atoms with van der Waals surface area (Å²) < 4.78 is 5.66. The molecule has 1 fully saturated rings. The van der Waals surface area contributed by atoms with Crippen molar-refractivity contribution in [2.24, 2.45) is 16.7 Å². The second kappa shape index (κ2) is 9.02. The Balaban J connectivity index is 1.46. The van der Waals surface area contributed by atoms with Crippen molar-refractivity contribution in [3.05, 3.63) is 59.7 Å². The molecule has 0 spiro atoms. The van der Waals surface area contributed by atoms with Crippen molar-refractivity contribution in [2.75, 3.05) is 19.7 Å². The Morgan fingerprint density at radius 3 is 2.11 bits per heavy atom. The second-order valence-corrected chi connectivity index (χ2v) is 11.1. The maximum absolute atomic E-state index is 13.4. The molecule has 35 heavy (non-hydrogen) atoms. The van der Waals surface area contributed by atoms with Gasteiger partial charge in [-0.3, -0.25) is 9.59 Å². The van der Waals surface area contributed by atoms with Crippen LogP contribution in [0, 0.1) is 16.7 Å². The molecule has 0 bridgehead atoms. The predicted octanol–water partition coefficient (Wildman–Crippen LogP) is 4.51. The standard InChI is InChI=1S/C28H34N2O5/c1-17-14-30(16-28(17,5)25(32)33)24(31)23(27(2,3)4)29-26(34)35-15-22-20-12-8-6-10-18(20)19-11-7-9-13-21(19)22/h6-13,17,22-23H,14-16H2,1-5H3,(H,29,34)(H,32,33)/t17-,23+,28-/m0/s1. The zero-order valence-corrected chi connectivity index (χ0v) is 21.0. The van der Waals surface area contributed by atoms with Gasteiger partial charge in [0.05, 0.1) is 5.41 Å². The number of fused-ring (bicyclic) bond motifs is 3. The van der Waals surface area contributed by atoms with E-state index in [0.717, 1.165) is 22.3 Å². The first kappa shape index (κ1) is 24.8. The van der Waals surface area contributed by atoms with Crippen LogP contribution in [0.15, 0.2) is 48.5 Å². The molecule has 0 unspecified atom stereocenters. The van der Waals surface area contributed by atoms with Crippen molar-refractivity contribution < 1.29 is 24.2 Å². The number of aliphatic carboxylic acids is 1. The van der Waals surface area contributed by atoms with Crippen molar-refractivity contribution in [1.29, 1.82) is 0 Å². The summed E-state index contributed by atoms with van der Waals surface area (Å²) in [6.07, 6.45) is -0.659. The van der Waals surface area contributed by atoms with Crippen LogP contribution in [0.5, 0.6) is 0 Å². The van der Waals surface area contributed by atoms with Gasteiger partial charge in [-0.05, 0) is 40.5 Å². The third-order valence-electron chi connectivity index (χ3n) is 7.62. The lowest BCUT2D eigenvalue weighted by Crippen LogP contribution is -2.54. The highest BCUT2D eigenvalue weighted by molar-refractivity contribution is 5.88. The zero-order valence-electron chi connectivity index (χ0n) is 21.0. The van der Waals surface area contributed by atoms with Crippen molar-refractivity contribution in [2.45, 2.75) is 46.6 Å². The quantitative estimate of drug-likeness (QED) is 0.659. The largest absolute Gasteiger partial charge is 0.481 e. The highest BCUT2D eigenvalue weighted by atomic mass is 16.5. The number of amides is 2. The van der Waals surface area contributed by atoms with Crippen molar-refractivity contribution >= 4 is 18.0 Å². The molecule has 2 amide bonds. The molecule has 3 atom stereocenters. The van der Waals surface area contributed by atoms with E-state index >= 15 is 0 Å². The molecule has 0 radical (unpaired) electrons. The summed E-state index contributed by atoms with van der Waals surface area (Å²) in [4.78, 5) is 39.7. The lowest BCUT2D eigenvalue weighted by Gasteiger charge is -2.33. The SMILES string of the molecule is C[C@H]1CN(C(=O)[C@@H](NC(=O)OCC2c3ccccc3-c3ccccc32)C(C)(C)C)C[C@]1(C)C(=O)O. The summed E-state index contributed by atoms with van der Waals surface area (Å²) in [5.41, 5.74) is 2.91. The molecule has 2 aliphatic rings. The fraction of sp³-hybridized carbons (Fsp3) is 0.464. The van der Waals surface area contributed by atoms with E-state index in [9.17, 15) is 19.5 Å². The minimum absolute atomic E-state index is 0.0763. The number of hydrogen-bond acceptors (Lipinski definition) is 4. The molecule has 186 valence electrons. The first-order valence-corrected chi connectivity index (χ1v) is 12.1. The van der Waals surface area contributed by atoms with Crippen LogP contribution >= 0.6 is 0 Å². The van der Waals surface area contributed by atoms with E-state index in [-0.39, 0.29) is 30.9 Å². The molecule has 1 aliphatic heterocycles. The summed E-state index contributed by atoms with van der Waals surface area (Å²) >= 11 is 0. The predicted molar refractivity (Wildman–Crippen MR) is 133 cm³/mol. The molecule has 2 N–H and O–H groups in total. The average Bonchev–Trinajstić information content (AvgIpc) is 3.30. The normalized spacial score (nSPS) is 22.3. The number of carbonyl (C=O) groups excluding carboxylic acids is 2. The van der Waals surface area contributed by atoms with Crippen LogP contribution < -0.4 is 5.32 Å². The van der Waals surface area contributed by atoms with Crippen LogP contribution in [0.4, 0.5) is 4.79 Å². The highest BCUT2D eigenvalue weighted by Crippen LogP contribution is 2.44. The van der Waals surface area contributed by atoms with Crippen LogP contribution in [-0.4, -0.2) is 53.7 Å².